The number of piperidine rings is 1. The van der Waals surface area contributed by atoms with Crippen molar-refractivity contribution in [1.82, 2.24) is 10.3 Å². The summed E-state index contributed by atoms with van der Waals surface area (Å²) in [5.74, 6) is 0.976. The molecular formula is C14H24N2. The fourth-order valence-corrected chi connectivity index (χ4v) is 1.88. The number of aryl methyl sites for hydroxylation is 1. The molecule has 1 N–H and O–H groups in total. The third kappa shape index (κ3) is 5.26. The van der Waals surface area contributed by atoms with Crippen molar-refractivity contribution in [2.45, 2.75) is 39.5 Å². The molecule has 1 unspecified atom stereocenters. The summed E-state index contributed by atoms with van der Waals surface area (Å²) in [5, 5.41) is 3.39. The highest BCUT2D eigenvalue weighted by Crippen LogP contribution is 2.12. The smallest absolute Gasteiger partial charge is 0.0299 e. The van der Waals surface area contributed by atoms with E-state index in [1.807, 2.05) is 12.3 Å². The summed E-state index contributed by atoms with van der Waals surface area (Å²) >= 11 is 0. The molecule has 0 aliphatic carbocycles. The predicted molar refractivity (Wildman–Crippen MR) is 69.5 cm³/mol. The zero-order valence-electron chi connectivity index (χ0n) is 10.6. The molecule has 1 aromatic rings. The SMILES string of the molecule is CCC1CCCNC1.CCc1cccnc1. The van der Waals surface area contributed by atoms with Crippen molar-refractivity contribution in [2.24, 2.45) is 5.92 Å². The topological polar surface area (TPSA) is 24.9 Å². The lowest BCUT2D eigenvalue weighted by Crippen LogP contribution is -2.29. The molecule has 0 spiro atoms. The number of rotatable bonds is 2. The maximum Gasteiger partial charge on any atom is 0.0299 e. The molecule has 2 rings (SSSR count). The minimum atomic E-state index is 0.976. The van der Waals surface area contributed by atoms with E-state index in [-0.39, 0.29) is 0 Å². The molecule has 0 amide bonds. The monoisotopic (exact) mass is 220 g/mol. The van der Waals surface area contributed by atoms with E-state index in [9.17, 15) is 0 Å². The van der Waals surface area contributed by atoms with Crippen molar-refractivity contribution in [3.05, 3.63) is 30.1 Å². The second-order valence-corrected chi connectivity index (χ2v) is 4.34. The first-order valence-corrected chi connectivity index (χ1v) is 6.46. The van der Waals surface area contributed by atoms with Crippen LogP contribution >= 0.6 is 0 Å². The Labute approximate surface area is 99.5 Å². The first-order chi connectivity index (χ1) is 7.86. The van der Waals surface area contributed by atoms with Crippen LogP contribution in [0.2, 0.25) is 0 Å². The summed E-state index contributed by atoms with van der Waals surface area (Å²) < 4.78 is 0. The van der Waals surface area contributed by atoms with Crippen molar-refractivity contribution in [3.8, 4) is 0 Å². The van der Waals surface area contributed by atoms with E-state index in [0.717, 1.165) is 12.3 Å². The van der Waals surface area contributed by atoms with E-state index < -0.39 is 0 Å². The minimum absolute atomic E-state index is 0.976. The van der Waals surface area contributed by atoms with Gasteiger partial charge in [-0.25, -0.2) is 0 Å². The number of hydrogen-bond acceptors (Lipinski definition) is 2. The molecule has 1 atom stereocenters. The Kier molecular flexibility index (Phi) is 6.82. The second kappa shape index (κ2) is 8.28. The number of aromatic nitrogens is 1. The Hall–Kier alpha value is -0.890. The molecule has 1 saturated heterocycles. The van der Waals surface area contributed by atoms with Crippen LogP contribution in [0, 0.1) is 5.92 Å². The molecular weight excluding hydrogens is 196 g/mol. The number of hydrogen-bond donors (Lipinski definition) is 1. The maximum absolute atomic E-state index is 3.96. The Bertz CT molecular complexity index is 253. The molecule has 16 heavy (non-hydrogen) atoms. The Morgan fingerprint density at radius 1 is 1.44 bits per heavy atom. The van der Waals surface area contributed by atoms with Crippen molar-refractivity contribution in [2.75, 3.05) is 13.1 Å². The average molecular weight is 220 g/mol. The first-order valence-electron chi connectivity index (χ1n) is 6.46. The molecule has 2 heteroatoms. The maximum atomic E-state index is 3.96. The predicted octanol–water partition coefficient (Wildman–Crippen LogP) is 3.04. The summed E-state index contributed by atoms with van der Waals surface area (Å²) in [6.07, 6.45) is 8.95. The molecule has 0 bridgehead atoms. The van der Waals surface area contributed by atoms with Gasteiger partial charge in [0.25, 0.3) is 0 Å². The first kappa shape index (κ1) is 13.2. The average Bonchev–Trinajstić information content (AvgIpc) is 2.41. The third-order valence-corrected chi connectivity index (χ3v) is 3.11. The summed E-state index contributed by atoms with van der Waals surface area (Å²) in [7, 11) is 0. The van der Waals surface area contributed by atoms with Crippen molar-refractivity contribution in [1.29, 1.82) is 0 Å². The van der Waals surface area contributed by atoms with Gasteiger partial charge in [0, 0.05) is 12.4 Å². The van der Waals surface area contributed by atoms with E-state index in [0.29, 0.717) is 0 Å². The zero-order chi connectivity index (χ0) is 11.6. The molecule has 0 radical (unpaired) electrons. The van der Waals surface area contributed by atoms with Gasteiger partial charge in [0.05, 0.1) is 0 Å². The highest BCUT2D eigenvalue weighted by molar-refractivity contribution is 5.07. The highest BCUT2D eigenvalue weighted by Gasteiger charge is 2.08. The summed E-state index contributed by atoms with van der Waals surface area (Å²) in [6.45, 7) is 6.90. The van der Waals surface area contributed by atoms with Gasteiger partial charge in [-0.3, -0.25) is 4.98 Å². The normalized spacial score (nSPS) is 19.8. The van der Waals surface area contributed by atoms with Gasteiger partial charge in [-0.1, -0.05) is 26.3 Å². The molecule has 0 saturated carbocycles. The van der Waals surface area contributed by atoms with Crippen molar-refractivity contribution < 1.29 is 0 Å². The van der Waals surface area contributed by atoms with Gasteiger partial charge in [0.1, 0.15) is 0 Å². The molecule has 1 fully saturated rings. The van der Waals surface area contributed by atoms with Crippen LogP contribution in [0.3, 0.4) is 0 Å². The van der Waals surface area contributed by atoms with Crippen LogP contribution < -0.4 is 5.32 Å². The molecule has 1 aromatic heterocycles. The lowest BCUT2D eigenvalue weighted by molar-refractivity contribution is 0.369. The van der Waals surface area contributed by atoms with E-state index >= 15 is 0 Å². The number of nitrogens with zero attached hydrogens (tertiary/aromatic N) is 1. The van der Waals surface area contributed by atoms with Gasteiger partial charge in [-0.15, -0.1) is 0 Å². The van der Waals surface area contributed by atoms with Crippen LogP contribution in [0.25, 0.3) is 0 Å². The van der Waals surface area contributed by atoms with Gasteiger partial charge in [-0.05, 0) is 49.9 Å². The number of pyridine rings is 1. The van der Waals surface area contributed by atoms with Crippen molar-refractivity contribution in [3.63, 3.8) is 0 Å². The van der Waals surface area contributed by atoms with Crippen molar-refractivity contribution >= 4 is 0 Å². The summed E-state index contributed by atoms with van der Waals surface area (Å²) in [6, 6.07) is 4.03. The van der Waals surface area contributed by atoms with E-state index in [1.165, 1.54) is 37.9 Å². The molecule has 1 aliphatic heterocycles. The van der Waals surface area contributed by atoms with Gasteiger partial charge in [-0.2, -0.15) is 0 Å². The molecule has 2 heterocycles. The van der Waals surface area contributed by atoms with Crippen LogP contribution in [-0.2, 0) is 6.42 Å². The van der Waals surface area contributed by atoms with Crippen LogP contribution in [0.4, 0.5) is 0 Å². The summed E-state index contributed by atoms with van der Waals surface area (Å²) in [5.41, 5.74) is 1.30. The minimum Gasteiger partial charge on any atom is -0.316 e. The van der Waals surface area contributed by atoms with E-state index in [1.54, 1.807) is 6.20 Å². The van der Waals surface area contributed by atoms with E-state index in [4.69, 9.17) is 0 Å². The standard InChI is InChI=1S/C7H15N.C7H9N/c2*1-2-7-4-3-5-8-6-7/h7-8H,2-6H2,1H3;3-6H,2H2,1H3. The van der Waals surface area contributed by atoms with Gasteiger partial charge >= 0.3 is 0 Å². The Morgan fingerprint density at radius 3 is 2.69 bits per heavy atom. The van der Waals surface area contributed by atoms with Gasteiger partial charge < -0.3 is 5.32 Å². The largest absolute Gasteiger partial charge is 0.316 e. The lowest BCUT2D eigenvalue weighted by atomic mass is 9.97. The highest BCUT2D eigenvalue weighted by atomic mass is 14.9. The fourth-order valence-electron chi connectivity index (χ4n) is 1.88. The zero-order valence-corrected chi connectivity index (χ0v) is 10.6. The molecule has 0 aromatic carbocycles. The van der Waals surface area contributed by atoms with Gasteiger partial charge in [0.2, 0.25) is 0 Å². The van der Waals surface area contributed by atoms with Crippen LogP contribution in [0.1, 0.15) is 38.7 Å². The Morgan fingerprint density at radius 2 is 2.31 bits per heavy atom. The van der Waals surface area contributed by atoms with Gasteiger partial charge in [0.15, 0.2) is 0 Å². The lowest BCUT2D eigenvalue weighted by Gasteiger charge is -2.20. The third-order valence-electron chi connectivity index (χ3n) is 3.11. The molecule has 1 aliphatic rings. The molecule has 2 nitrogen and oxygen atoms in total. The van der Waals surface area contributed by atoms with Crippen LogP contribution in [-0.4, -0.2) is 18.1 Å². The Balaban J connectivity index is 0.000000160. The number of nitrogens with one attached hydrogen (secondary N) is 1. The van der Waals surface area contributed by atoms with E-state index in [2.05, 4.69) is 30.2 Å². The summed E-state index contributed by atoms with van der Waals surface area (Å²) in [4.78, 5) is 3.96. The fraction of sp³-hybridized carbons (Fsp3) is 0.643. The van der Waals surface area contributed by atoms with Crippen LogP contribution in [0.15, 0.2) is 24.5 Å². The second-order valence-electron chi connectivity index (χ2n) is 4.34. The molecule has 90 valence electrons. The quantitative estimate of drug-likeness (QED) is 0.828. The van der Waals surface area contributed by atoms with Crippen LogP contribution in [0.5, 0.6) is 0 Å².